The highest BCUT2D eigenvalue weighted by Crippen LogP contribution is 2.20. The van der Waals surface area contributed by atoms with Gasteiger partial charge < -0.3 is 19.9 Å². The number of methoxy groups -OCH3 is 2. The molecule has 6 nitrogen and oxygen atoms in total. The van der Waals surface area contributed by atoms with Crippen LogP contribution in [0.5, 0.6) is 5.75 Å². The fourth-order valence-corrected chi connectivity index (χ4v) is 1.67. The summed E-state index contributed by atoms with van der Waals surface area (Å²) in [6.07, 6.45) is 1.88. The van der Waals surface area contributed by atoms with Crippen molar-refractivity contribution >= 4 is 18.0 Å². The van der Waals surface area contributed by atoms with E-state index in [4.69, 9.17) is 14.6 Å². The van der Waals surface area contributed by atoms with Gasteiger partial charge in [0.1, 0.15) is 5.75 Å². The molecule has 0 spiro atoms. The molecule has 1 aromatic carbocycles. The first-order chi connectivity index (χ1) is 9.97. The van der Waals surface area contributed by atoms with E-state index in [0.717, 1.165) is 11.1 Å². The van der Waals surface area contributed by atoms with Gasteiger partial charge in [0, 0.05) is 18.7 Å². The number of nitrogens with one attached hydrogen (secondary N) is 1. The Kier molecular flexibility index (Phi) is 6.42. The second-order valence-corrected chi connectivity index (χ2v) is 4.39. The van der Waals surface area contributed by atoms with Crippen LogP contribution in [0.1, 0.15) is 11.1 Å². The molecular formula is C15H19NO5. The molecule has 1 amide bonds. The Labute approximate surface area is 123 Å². The predicted octanol–water partition coefficient (Wildman–Crippen LogP) is 1.23. The van der Waals surface area contributed by atoms with Crippen LogP contribution >= 0.6 is 0 Å². The second-order valence-electron chi connectivity index (χ2n) is 4.39. The van der Waals surface area contributed by atoms with Gasteiger partial charge in [0.25, 0.3) is 0 Å². The lowest BCUT2D eigenvalue weighted by Gasteiger charge is -2.10. The largest absolute Gasteiger partial charge is 0.496 e. The highest BCUT2D eigenvalue weighted by atomic mass is 16.5. The van der Waals surface area contributed by atoms with Crippen LogP contribution in [0, 0.1) is 6.92 Å². The highest BCUT2D eigenvalue weighted by molar-refractivity contribution is 5.92. The Morgan fingerprint density at radius 1 is 1.38 bits per heavy atom. The molecule has 1 unspecified atom stereocenters. The summed E-state index contributed by atoms with van der Waals surface area (Å²) in [5.74, 6) is -0.867. The SMILES string of the molecule is COc1ccc(C)cc1/C=C/C(=O)NCC(OC)C(=O)O. The van der Waals surface area contributed by atoms with Crippen LogP contribution < -0.4 is 10.1 Å². The molecule has 1 rings (SSSR count). The molecule has 0 aromatic heterocycles. The van der Waals surface area contributed by atoms with E-state index in [9.17, 15) is 9.59 Å². The maximum atomic E-state index is 11.7. The fraction of sp³-hybridized carbons (Fsp3) is 0.333. The molecule has 0 fully saturated rings. The number of amides is 1. The van der Waals surface area contributed by atoms with E-state index in [0.29, 0.717) is 5.75 Å². The third kappa shape index (κ3) is 5.27. The number of rotatable bonds is 7. The summed E-state index contributed by atoms with van der Waals surface area (Å²) in [6.45, 7) is 1.84. The van der Waals surface area contributed by atoms with Crippen molar-refractivity contribution in [2.24, 2.45) is 0 Å². The number of carbonyl (C=O) groups excluding carboxylic acids is 1. The number of aliphatic carboxylic acids is 1. The lowest BCUT2D eigenvalue weighted by atomic mass is 10.1. The van der Waals surface area contributed by atoms with Crippen LogP contribution in [0.3, 0.4) is 0 Å². The van der Waals surface area contributed by atoms with E-state index in [-0.39, 0.29) is 6.54 Å². The van der Waals surface area contributed by atoms with E-state index in [1.807, 2.05) is 25.1 Å². The Hall–Kier alpha value is -2.34. The van der Waals surface area contributed by atoms with Gasteiger partial charge in [0.2, 0.25) is 5.91 Å². The minimum atomic E-state index is -1.12. The summed E-state index contributed by atoms with van der Waals surface area (Å²) in [6, 6.07) is 5.61. The van der Waals surface area contributed by atoms with Crippen LogP contribution in [-0.4, -0.2) is 43.9 Å². The quantitative estimate of drug-likeness (QED) is 0.739. The van der Waals surface area contributed by atoms with Crippen molar-refractivity contribution in [2.45, 2.75) is 13.0 Å². The van der Waals surface area contributed by atoms with Crippen LogP contribution in [0.4, 0.5) is 0 Å². The molecule has 0 saturated heterocycles. The first-order valence-corrected chi connectivity index (χ1v) is 6.34. The van der Waals surface area contributed by atoms with Gasteiger partial charge in [-0.3, -0.25) is 4.79 Å². The van der Waals surface area contributed by atoms with Crippen molar-refractivity contribution in [2.75, 3.05) is 20.8 Å². The summed E-state index contributed by atoms with van der Waals surface area (Å²) in [7, 11) is 2.83. The van der Waals surface area contributed by atoms with Crippen LogP contribution in [0.25, 0.3) is 6.08 Å². The van der Waals surface area contributed by atoms with Gasteiger partial charge >= 0.3 is 5.97 Å². The molecule has 2 N–H and O–H groups in total. The van der Waals surface area contributed by atoms with E-state index >= 15 is 0 Å². The fourth-order valence-electron chi connectivity index (χ4n) is 1.67. The summed E-state index contributed by atoms with van der Waals surface area (Å²) < 4.78 is 9.92. The molecule has 1 aromatic rings. The van der Waals surface area contributed by atoms with Crippen LogP contribution in [0.2, 0.25) is 0 Å². The van der Waals surface area contributed by atoms with E-state index in [1.54, 1.807) is 13.2 Å². The smallest absolute Gasteiger partial charge is 0.334 e. The van der Waals surface area contributed by atoms with Crippen molar-refractivity contribution in [1.29, 1.82) is 0 Å². The zero-order chi connectivity index (χ0) is 15.8. The number of carboxylic acids is 1. The number of hydrogen-bond donors (Lipinski definition) is 2. The number of ether oxygens (including phenoxy) is 2. The maximum Gasteiger partial charge on any atom is 0.334 e. The number of aryl methyl sites for hydroxylation is 1. The van der Waals surface area contributed by atoms with E-state index in [2.05, 4.69) is 5.32 Å². The Morgan fingerprint density at radius 2 is 2.10 bits per heavy atom. The molecule has 0 aliphatic carbocycles. The maximum absolute atomic E-state index is 11.7. The predicted molar refractivity (Wildman–Crippen MR) is 78.2 cm³/mol. The van der Waals surface area contributed by atoms with Crippen LogP contribution in [-0.2, 0) is 14.3 Å². The number of hydrogen-bond acceptors (Lipinski definition) is 4. The molecule has 0 aliphatic rings. The van der Waals surface area contributed by atoms with E-state index in [1.165, 1.54) is 13.2 Å². The zero-order valence-electron chi connectivity index (χ0n) is 12.3. The molecule has 0 heterocycles. The summed E-state index contributed by atoms with van der Waals surface area (Å²) >= 11 is 0. The number of benzene rings is 1. The van der Waals surface area contributed by atoms with Gasteiger partial charge in [-0.15, -0.1) is 0 Å². The van der Waals surface area contributed by atoms with Crippen molar-refractivity contribution < 1.29 is 24.2 Å². The zero-order valence-corrected chi connectivity index (χ0v) is 12.3. The third-order valence-corrected chi connectivity index (χ3v) is 2.82. The minimum absolute atomic E-state index is 0.0973. The van der Waals surface area contributed by atoms with Gasteiger partial charge in [-0.1, -0.05) is 11.6 Å². The van der Waals surface area contributed by atoms with Crippen molar-refractivity contribution in [3.63, 3.8) is 0 Å². The number of carboxylic acid groups (broad SMARTS) is 1. The number of carbonyl (C=O) groups is 2. The van der Waals surface area contributed by atoms with Crippen molar-refractivity contribution in [3.8, 4) is 5.75 Å². The average molecular weight is 293 g/mol. The molecule has 21 heavy (non-hydrogen) atoms. The standard InChI is InChI=1S/C15H19NO5/c1-10-4-6-12(20-2)11(8-10)5-7-14(17)16-9-13(21-3)15(18)19/h4-8,13H,9H2,1-3H3,(H,16,17)(H,18,19)/b7-5+. The first-order valence-electron chi connectivity index (χ1n) is 6.34. The summed E-state index contributed by atoms with van der Waals surface area (Å²) in [5, 5.41) is 11.2. The average Bonchev–Trinajstić information content (AvgIpc) is 2.45. The third-order valence-electron chi connectivity index (χ3n) is 2.82. The molecule has 114 valence electrons. The van der Waals surface area contributed by atoms with E-state index < -0.39 is 18.0 Å². The van der Waals surface area contributed by atoms with Crippen molar-refractivity contribution in [3.05, 3.63) is 35.4 Å². The monoisotopic (exact) mass is 293 g/mol. The highest BCUT2D eigenvalue weighted by Gasteiger charge is 2.16. The minimum Gasteiger partial charge on any atom is -0.496 e. The Bertz CT molecular complexity index is 539. The van der Waals surface area contributed by atoms with Gasteiger partial charge in [-0.2, -0.15) is 0 Å². The Balaban J connectivity index is 2.66. The molecule has 0 saturated carbocycles. The van der Waals surface area contributed by atoms with Crippen molar-refractivity contribution in [1.82, 2.24) is 5.32 Å². The second kappa shape index (κ2) is 8.06. The van der Waals surface area contributed by atoms with Gasteiger partial charge in [-0.25, -0.2) is 4.79 Å². The molecule has 0 aliphatic heterocycles. The lowest BCUT2D eigenvalue weighted by molar-refractivity contribution is -0.148. The van der Waals surface area contributed by atoms with Gasteiger partial charge in [-0.05, 0) is 25.1 Å². The lowest BCUT2D eigenvalue weighted by Crippen LogP contribution is -2.37. The van der Waals surface area contributed by atoms with Gasteiger partial charge in [0.15, 0.2) is 6.10 Å². The summed E-state index contributed by atoms with van der Waals surface area (Å²) in [4.78, 5) is 22.4. The Morgan fingerprint density at radius 3 is 2.67 bits per heavy atom. The molecule has 1 atom stereocenters. The molecule has 6 heteroatoms. The molecular weight excluding hydrogens is 274 g/mol. The normalized spacial score (nSPS) is 12.1. The topological polar surface area (TPSA) is 84.9 Å². The summed E-state index contributed by atoms with van der Waals surface area (Å²) in [5.41, 5.74) is 1.82. The van der Waals surface area contributed by atoms with Gasteiger partial charge in [0.05, 0.1) is 13.7 Å². The molecule has 0 radical (unpaired) electrons. The molecule has 0 bridgehead atoms. The first kappa shape index (κ1) is 16.7. The van der Waals surface area contributed by atoms with Crippen LogP contribution in [0.15, 0.2) is 24.3 Å².